The third-order valence-electron chi connectivity index (χ3n) is 5.60. The van der Waals surface area contributed by atoms with Gasteiger partial charge in [-0.1, -0.05) is 0 Å². The second kappa shape index (κ2) is 9.63. The number of carbonyl (C=O) groups is 2. The van der Waals surface area contributed by atoms with Crippen LogP contribution in [-0.2, 0) is 16.6 Å². The summed E-state index contributed by atoms with van der Waals surface area (Å²) in [6, 6.07) is 5.79. The van der Waals surface area contributed by atoms with Crippen molar-refractivity contribution in [3.05, 3.63) is 47.0 Å². The van der Waals surface area contributed by atoms with Crippen molar-refractivity contribution in [3.8, 4) is 0 Å². The van der Waals surface area contributed by atoms with Crippen LogP contribution in [-0.4, -0.2) is 64.3 Å². The molecule has 9 nitrogen and oxygen atoms in total. The fourth-order valence-electron chi connectivity index (χ4n) is 3.94. The molecule has 0 atom stereocenters. The molecule has 3 heterocycles. The topological polar surface area (TPSA) is 101 Å². The van der Waals surface area contributed by atoms with Crippen molar-refractivity contribution >= 4 is 34.2 Å². The number of fused-ring (bicyclic) bond motifs is 1. The molecule has 1 saturated heterocycles. The Morgan fingerprint density at radius 3 is 2.67 bits per heavy atom. The molecule has 2 aromatic heterocycles. The van der Waals surface area contributed by atoms with Gasteiger partial charge in [-0.3, -0.25) is 19.2 Å². The minimum absolute atomic E-state index is 0.0217. The number of anilines is 2. The van der Waals surface area contributed by atoms with Crippen molar-refractivity contribution in [2.45, 2.75) is 20.3 Å². The number of carbonyl (C=O) groups excluding carboxylic acids is 2. The highest BCUT2D eigenvalue weighted by atomic mass is 19.1. The highest BCUT2D eigenvalue weighted by Crippen LogP contribution is 2.24. The van der Waals surface area contributed by atoms with Gasteiger partial charge in [-0.05, 0) is 38.1 Å². The van der Waals surface area contributed by atoms with E-state index in [9.17, 15) is 14.0 Å². The molecular weight excluding hydrogens is 427 g/mol. The number of amides is 2. The van der Waals surface area contributed by atoms with E-state index in [-0.39, 0.29) is 23.9 Å². The van der Waals surface area contributed by atoms with Gasteiger partial charge in [-0.25, -0.2) is 9.37 Å². The predicted molar refractivity (Wildman–Crippen MR) is 123 cm³/mol. The van der Waals surface area contributed by atoms with Crippen LogP contribution in [0.4, 0.5) is 15.8 Å². The zero-order valence-electron chi connectivity index (χ0n) is 18.9. The number of hydrogen-bond donors (Lipinski definition) is 2. The van der Waals surface area contributed by atoms with Crippen LogP contribution in [0.5, 0.6) is 0 Å². The summed E-state index contributed by atoms with van der Waals surface area (Å²) in [5.74, 6) is -1.22. The smallest absolute Gasteiger partial charge is 0.256 e. The Labute approximate surface area is 190 Å². The van der Waals surface area contributed by atoms with Crippen molar-refractivity contribution in [1.29, 1.82) is 0 Å². The van der Waals surface area contributed by atoms with Gasteiger partial charge in [0.25, 0.3) is 5.91 Å². The number of benzene rings is 1. The molecule has 2 amide bonds. The molecule has 2 N–H and O–H groups in total. The molecule has 0 radical (unpaired) electrons. The van der Waals surface area contributed by atoms with Gasteiger partial charge in [0, 0.05) is 44.5 Å². The summed E-state index contributed by atoms with van der Waals surface area (Å²) in [7, 11) is 1.78. The van der Waals surface area contributed by atoms with Crippen molar-refractivity contribution in [2.24, 2.45) is 7.05 Å². The zero-order valence-corrected chi connectivity index (χ0v) is 18.9. The lowest BCUT2D eigenvalue weighted by molar-refractivity contribution is -0.116. The van der Waals surface area contributed by atoms with E-state index in [0.29, 0.717) is 53.4 Å². The van der Waals surface area contributed by atoms with E-state index in [4.69, 9.17) is 4.74 Å². The van der Waals surface area contributed by atoms with Gasteiger partial charge in [0.1, 0.15) is 5.82 Å². The van der Waals surface area contributed by atoms with E-state index in [2.05, 4.69) is 25.6 Å². The maximum Gasteiger partial charge on any atom is 0.256 e. The zero-order chi connectivity index (χ0) is 23.5. The molecule has 10 heteroatoms. The average molecular weight is 455 g/mol. The lowest BCUT2D eigenvalue weighted by Crippen LogP contribution is -2.38. The molecule has 0 saturated carbocycles. The first-order chi connectivity index (χ1) is 15.8. The second-order valence-electron chi connectivity index (χ2n) is 8.12. The van der Waals surface area contributed by atoms with Crippen LogP contribution < -0.4 is 10.6 Å². The number of morpholine rings is 1. The molecule has 1 aliphatic rings. The molecule has 1 fully saturated rings. The van der Waals surface area contributed by atoms with Crippen molar-refractivity contribution in [3.63, 3.8) is 0 Å². The molecule has 0 aliphatic carbocycles. The van der Waals surface area contributed by atoms with Crippen LogP contribution in [0.15, 0.2) is 24.3 Å². The summed E-state index contributed by atoms with van der Waals surface area (Å²) in [6.45, 7) is 7.07. The standard InChI is InChI=1S/C23H27FN6O3/c1-14-12-17(21-15(2)28-29(3)22(21)25-14)23(32)26-16-4-5-18(24)19(13-16)27-20(31)6-7-30-8-10-33-11-9-30/h4-5,12-13H,6-11H2,1-3H3,(H,26,32)(H,27,31). The SMILES string of the molecule is Cc1cc(C(=O)Nc2ccc(F)c(NC(=O)CCN3CCOCC3)c2)c2c(C)nn(C)c2n1. The van der Waals surface area contributed by atoms with Crippen LogP contribution in [0.3, 0.4) is 0 Å². The molecule has 0 bridgehead atoms. The first-order valence-corrected chi connectivity index (χ1v) is 10.8. The molecule has 174 valence electrons. The third kappa shape index (κ3) is 5.18. The Morgan fingerprint density at radius 2 is 1.91 bits per heavy atom. The number of nitrogens with zero attached hydrogens (tertiary/aromatic N) is 4. The Hall–Kier alpha value is -3.37. The summed E-state index contributed by atoms with van der Waals surface area (Å²) < 4.78 is 21.3. The van der Waals surface area contributed by atoms with Crippen molar-refractivity contribution < 1.29 is 18.7 Å². The maximum absolute atomic E-state index is 14.3. The number of aromatic nitrogens is 3. The summed E-state index contributed by atoms with van der Waals surface area (Å²) in [6.07, 6.45) is 0.241. The maximum atomic E-state index is 14.3. The largest absolute Gasteiger partial charge is 0.379 e. The number of hydrogen-bond acceptors (Lipinski definition) is 6. The van der Waals surface area contributed by atoms with E-state index in [1.54, 1.807) is 24.7 Å². The summed E-state index contributed by atoms with van der Waals surface area (Å²) >= 11 is 0. The van der Waals surface area contributed by atoms with Gasteiger partial charge < -0.3 is 15.4 Å². The Morgan fingerprint density at radius 1 is 1.15 bits per heavy atom. The van der Waals surface area contributed by atoms with Gasteiger partial charge in [0.05, 0.1) is 35.5 Å². The highest BCUT2D eigenvalue weighted by molar-refractivity contribution is 6.12. The predicted octanol–water partition coefficient (Wildman–Crippen LogP) is 2.64. The molecule has 0 unspecified atom stereocenters. The van der Waals surface area contributed by atoms with E-state index in [1.807, 2.05) is 6.92 Å². The number of aryl methyl sites for hydroxylation is 3. The number of ether oxygens (including phenoxy) is 1. The van der Waals surface area contributed by atoms with E-state index >= 15 is 0 Å². The van der Waals surface area contributed by atoms with Crippen LogP contribution in [0.25, 0.3) is 11.0 Å². The number of nitrogens with one attached hydrogen (secondary N) is 2. The Balaban J connectivity index is 1.47. The molecular formula is C23H27FN6O3. The lowest BCUT2D eigenvalue weighted by atomic mass is 10.1. The molecule has 33 heavy (non-hydrogen) atoms. The summed E-state index contributed by atoms with van der Waals surface area (Å²) in [5, 5.41) is 10.4. The monoisotopic (exact) mass is 454 g/mol. The van der Waals surface area contributed by atoms with Gasteiger partial charge in [0.15, 0.2) is 5.65 Å². The molecule has 0 spiro atoms. The summed E-state index contributed by atoms with van der Waals surface area (Å²) in [4.78, 5) is 32.0. The fourth-order valence-corrected chi connectivity index (χ4v) is 3.94. The van der Waals surface area contributed by atoms with Crippen molar-refractivity contribution in [2.75, 3.05) is 43.5 Å². The number of pyridine rings is 1. The Bertz CT molecular complexity index is 1200. The van der Waals surface area contributed by atoms with Crippen LogP contribution in [0.1, 0.15) is 28.2 Å². The Kier molecular flexibility index (Phi) is 6.66. The summed E-state index contributed by atoms with van der Waals surface area (Å²) in [5.41, 5.74) is 2.82. The van der Waals surface area contributed by atoms with E-state index in [0.717, 1.165) is 13.1 Å². The average Bonchev–Trinajstić information content (AvgIpc) is 3.08. The molecule has 1 aromatic carbocycles. The van der Waals surface area contributed by atoms with Crippen LogP contribution >= 0.6 is 0 Å². The number of halogens is 1. The first-order valence-electron chi connectivity index (χ1n) is 10.8. The first kappa shape index (κ1) is 22.8. The van der Waals surface area contributed by atoms with E-state index in [1.165, 1.54) is 18.2 Å². The minimum Gasteiger partial charge on any atom is -0.379 e. The van der Waals surface area contributed by atoms with Crippen LogP contribution in [0.2, 0.25) is 0 Å². The number of rotatable bonds is 6. The highest BCUT2D eigenvalue weighted by Gasteiger charge is 2.19. The molecule has 1 aliphatic heterocycles. The van der Waals surface area contributed by atoms with Crippen molar-refractivity contribution in [1.82, 2.24) is 19.7 Å². The quantitative estimate of drug-likeness (QED) is 0.594. The second-order valence-corrected chi connectivity index (χ2v) is 8.12. The fraction of sp³-hybridized carbons (Fsp3) is 0.391. The lowest BCUT2D eigenvalue weighted by Gasteiger charge is -2.26. The van der Waals surface area contributed by atoms with Gasteiger partial charge in [0.2, 0.25) is 5.91 Å². The third-order valence-corrected chi connectivity index (χ3v) is 5.60. The van der Waals surface area contributed by atoms with Crippen LogP contribution in [0, 0.1) is 19.7 Å². The minimum atomic E-state index is -0.571. The van der Waals surface area contributed by atoms with Gasteiger partial charge in [-0.15, -0.1) is 0 Å². The van der Waals surface area contributed by atoms with Gasteiger partial charge in [-0.2, -0.15) is 5.10 Å². The molecule has 3 aromatic rings. The molecule has 4 rings (SSSR count). The van der Waals surface area contributed by atoms with E-state index < -0.39 is 5.82 Å². The normalized spacial score (nSPS) is 14.4. The van der Waals surface area contributed by atoms with Gasteiger partial charge >= 0.3 is 0 Å².